The molecule has 3 heterocycles. The summed E-state index contributed by atoms with van der Waals surface area (Å²) in [6.45, 7) is 3.73. The number of ether oxygens (including phenoxy) is 1. The van der Waals surface area contributed by atoms with Crippen molar-refractivity contribution < 1.29 is 24.2 Å². The Morgan fingerprint density at radius 1 is 1.35 bits per heavy atom. The topological polar surface area (TPSA) is 108 Å². The van der Waals surface area contributed by atoms with Crippen LogP contribution in [0.3, 0.4) is 0 Å². The van der Waals surface area contributed by atoms with Crippen molar-refractivity contribution in [3.05, 3.63) is 34.9 Å². The van der Waals surface area contributed by atoms with Crippen molar-refractivity contribution in [2.45, 2.75) is 38.5 Å². The Kier molecular flexibility index (Phi) is 5.03. The standard InChI is InChI=1S/C17H19N3O3.CH2O2/c1-11-18-16(22)17(19-11)5-7-20(8-6-17)15(21)13-4-2-3-12-9-23-10-14(12)13;2-1-3/h2-4H,5-10H2,1H3,(H,18,19,22);1H,(H,2,3). The van der Waals surface area contributed by atoms with Gasteiger partial charge in [0, 0.05) is 18.7 Å². The second kappa shape index (κ2) is 7.25. The first-order valence-electron chi connectivity index (χ1n) is 8.44. The Morgan fingerprint density at radius 2 is 2.04 bits per heavy atom. The van der Waals surface area contributed by atoms with Crippen LogP contribution < -0.4 is 5.32 Å². The molecule has 2 N–H and O–H groups in total. The summed E-state index contributed by atoms with van der Waals surface area (Å²) >= 11 is 0. The molecule has 0 radical (unpaired) electrons. The van der Waals surface area contributed by atoms with Crippen LogP contribution in [0.2, 0.25) is 0 Å². The number of amides is 2. The molecule has 8 heteroatoms. The minimum absolute atomic E-state index is 0.0290. The van der Waals surface area contributed by atoms with Gasteiger partial charge in [-0.05, 0) is 37.0 Å². The van der Waals surface area contributed by atoms with Gasteiger partial charge in [0.15, 0.2) is 0 Å². The average Bonchev–Trinajstić information content (AvgIpc) is 3.20. The fourth-order valence-electron chi connectivity index (χ4n) is 3.67. The largest absolute Gasteiger partial charge is 0.483 e. The van der Waals surface area contributed by atoms with E-state index in [1.165, 1.54) is 0 Å². The molecular formula is C18H21N3O5. The molecule has 0 saturated carbocycles. The third-order valence-corrected chi connectivity index (χ3v) is 4.98. The van der Waals surface area contributed by atoms with Gasteiger partial charge in [-0.15, -0.1) is 0 Å². The summed E-state index contributed by atoms with van der Waals surface area (Å²) in [6, 6.07) is 5.78. The summed E-state index contributed by atoms with van der Waals surface area (Å²) in [7, 11) is 0. The van der Waals surface area contributed by atoms with Crippen LogP contribution in [-0.2, 0) is 27.5 Å². The first-order valence-corrected chi connectivity index (χ1v) is 8.44. The number of benzene rings is 1. The average molecular weight is 359 g/mol. The van der Waals surface area contributed by atoms with E-state index in [1.54, 1.807) is 6.92 Å². The highest BCUT2D eigenvalue weighted by atomic mass is 16.5. The van der Waals surface area contributed by atoms with E-state index in [0.717, 1.165) is 16.7 Å². The minimum Gasteiger partial charge on any atom is -0.483 e. The van der Waals surface area contributed by atoms with Gasteiger partial charge in [-0.1, -0.05) is 12.1 Å². The van der Waals surface area contributed by atoms with Gasteiger partial charge in [-0.25, -0.2) is 0 Å². The van der Waals surface area contributed by atoms with Crippen molar-refractivity contribution in [1.82, 2.24) is 10.2 Å². The van der Waals surface area contributed by atoms with Crippen molar-refractivity contribution in [2.75, 3.05) is 13.1 Å². The number of nitrogens with zero attached hydrogens (tertiary/aromatic N) is 2. The maximum absolute atomic E-state index is 12.8. The van der Waals surface area contributed by atoms with Gasteiger partial charge in [-0.2, -0.15) is 0 Å². The Hall–Kier alpha value is -2.74. The summed E-state index contributed by atoms with van der Waals surface area (Å²) in [4.78, 5) is 39.6. The molecule has 3 aliphatic rings. The highest BCUT2D eigenvalue weighted by molar-refractivity contribution is 6.07. The SMILES string of the molecule is CC1=NC2(CCN(C(=O)c3cccc4c3COC4)CC2)C(=O)N1.O=CO. The molecule has 0 aromatic heterocycles. The molecule has 138 valence electrons. The monoisotopic (exact) mass is 359 g/mol. The van der Waals surface area contributed by atoms with E-state index in [9.17, 15) is 9.59 Å². The Balaban J connectivity index is 0.000000613. The highest BCUT2D eigenvalue weighted by Gasteiger charge is 2.45. The maximum atomic E-state index is 12.8. The number of carbonyl (C=O) groups is 3. The van der Waals surface area contributed by atoms with Gasteiger partial charge in [0.05, 0.1) is 13.2 Å². The predicted octanol–water partition coefficient (Wildman–Crippen LogP) is 0.941. The number of rotatable bonds is 1. The lowest BCUT2D eigenvalue weighted by Crippen LogP contribution is -2.50. The zero-order chi connectivity index (χ0) is 18.7. The number of amidine groups is 1. The number of aliphatic imine (C=N–C) groups is 1. The number of carbonyl (C=O) groups excluding carboxylic acids is 2. The summed E-state index contributed by atoms with van der Waals surface area (Å²) in [5, 5.41) is 9.67. The Morgan fingerprint density at radius 3 is 2.65 bits per heavy atom. The van der Waals surface area contributed by atoms with Crippen LogP contribution in [-0.4, -0.2) is 52.8 Å². The van der Waals surface area contributed by atoms with Gasteiger partial charge in [0.25, 0.3) is 18.3 Å². The van der Waals surface area contributed by atoms with E-state index < -0.39 is 5.54 Å². The Labute approximate surface area is 150 Å². The van der Waals surface area contributed by atoms with Crippen molar-refractivity contribution >= 4 is 24.1 Å². The summed E-state index contributed by atoms with van der Waals surface area (Å²) in [5.41, 5.74) is 2.17. The van der Waals surface area contributed by atoms with E-state index in [-0.39, 0.29) is 18.3 Å². The number of nitrogens with one attached hydrogen (secondary N) is 1. The summed E-state index contributed by atoms with van der Waals surface area (Å²) in [6.07, 6.45) is 1.15. The van der Waals surface area contributed by atoms with E-state index in [2.05, 4.69) is 10.3 Å². The van der Waals surface area contributed by atoms with Gasteiger partial charge in [-0.3, -0.25) is 19.4 Å². The number of hydrogen-bond donors (Lipinski definition) is 2. The number of fused-ring (bicyclic) bond motifs is 1. The molecule has 1 fully saturated rings. The molecule has 1 aromatic rings. The molecule has 4 rings (SSSR count). The van der Waals surface area contributed by atoms with Crippen LogP contribution >= 0.6 is 0 Å². The van der Waals surface area contributed by atoms with Crippen molar-refractivity contribution in [3.8, 4) is 0 Å². The van der Waals surface area contributed by atoms with Crippen LogP contribution in [0.5, 0.6) is 0 Å². The third-order valence-electron chi connectivity index (χ3n) is 4.98. The second-order valence-corrected chi connectivity index (χ2v) is 6.52. The predicted molar refractivity (Wildman–Crippen MR) is 92.7 cm³/mol. The fourth-order valence-corrected chi connectivity index (χ4v) is 3.67. The van der Waals surface area contributed by atoms with Crippen LogP contribution in [0, 0.1) is 0 Å². The molecule has 26 heavy (non-hydrogen) atoms. The molecule has 0 bridgehead atoms. The van der Waals surface area contributed by atoms with Crippen LogP contribution in [0.25, 0.3) is 0 Å². The smallest absolute Gasteiger partial charge is 0.290 e. The molecule has 0 aliphatic carbocycles. The molecule has 2 amide bonds. The third kappa shape index (κ3) is 3.20. The van der Waals surface area contributed by atoms with E-state index >= 15 is 0 Å². The van der Waals surface area contributed by atoms with Crippen LogP contribution in [0.15, 0.2) is 23.2 Å². The van der Waals surface area contributed by atoms with Crippen molar-refractivity contribution in [3.63, 3.8) is 0 Å². The zero-order valence-corrected chi connectivity index (χ0v) is 14.5. The molecule has 1 saturated heterocycles. The molecule has 3 aliphatic heterocycles. The molecule has 0 unspecified atom stereocenters. The van der Waals surface area contributed by atoms with Gasteiger partial charge >= 0.3 is 0 Å². The molecular weight excluding hydrogens is 338 g/mol. The number of likely N-dealkylation sites (tertiary alicyclic amines) is 1. The first kappa shape index (κ1) is 18.1. The van der Waals surface area contributed by atoms with Crippen LogP contribution in [0.1, 0.15) is 41.3 Å². The maximum Gasteiger partial charge on any atom is 0.290 e. The minimum atomic E-state index is -0.664. The van der Waals surface area contributed by atoms with Crippen LogP contribution in [0.4, 0.5) is 0 Å². The highest BCUT2D eigenvalue weighted by Crippen LogP contribution is 2.31. The first-order chi connectivity index (χ1) is 12.5. The van der Waals surface area contributed by atoms with E-state index in [4.69, 9.17) is 14.6 Å². The molecule has 8 nitrogen and oxygen atoms in total. The van der Waals surface area contributed by atoms with Crippen molar-refractivity contribution in [1.29, 1.82) is 0 Å². The molecule has 0 atom stereocenters. The lowest BCUT2D eigenvalue weighted by molar-refractivity contribution is -0.125. The van der Waals surface area contributed by atoms with E-state index in [1.807, 2.05) is 23.1 Å². The van der Waals surface area contributed by atoms with E-state index in [0.29, 0.717) is 45.0 Å². The summed E-state index contributed by atoms with van der Waals surface area (Å²) < 4.78 is 5.45. The fraction of sp³-hybridized carbons (Fsp3) is 0.444. The number of carboxylic acid groups (broad SMARTS) is 1. The van der Waals surface area contributed by atoms with Gasteiger partial charge in [0.1, 0.15) is 11.4 Å². The quantitative estimate of drug-likeness (QED) is 0.726. The second-order valence-electron chi connectivity index (χ2n) is 6.52. The Bertz CT molecular complexity index is 766. The van der Waals surface area contributed by atoms with Gasteiger partial charge < -0.3 is 20.1 Å². The zero-order valence-electron chi connectivity index (χ0n) is 14.5. The number of hydrogen-bond acceptors (Lipinski definition) is 5. The van der Waals surface area contributed by atoms with Crippen molar-refractivity contribution in [2.24, 2.45) is 4.99 Å². The normalized spacial score (nSPS) is 20.0. The van der Waals surface area contributed by atoms with Gasteiger partial charge in [0.2, 0.25) is 0 Å². The molecule has 1 aromatic carbocycles. The number of piperidine rings is 1. The molecule has 1 spiro atoms. The lowest BCUT2D eigenvalue weighted by atomic mass is 9.87. The lowest BCUT2D eigenvalue weighted by Gasteiger charge is -2.35. The summed E-state index contributed by atoms with van der Waals surface area (Å²) in [5.74, 6) is 0.671.